The molecule has 0 aliphatic carbocycles. The van der Waals surface area contributed by atoms with Gasteiger partial charge in [0.1, 0.15) is 11.6 Å². The molecular weight excluding hydrogens is 360 g/mol. The summed E-state index contributed by atoms with van der Waals surface area (Å²) < 4.78 is 6.19. The highest BCUT2D eigenvalue weighted by molar-refractivity contribution is 9.10. The van der Waals surface area contributed by atoms with Crippen molar-refractivity contribution in [1.82, 2.24) is 10.2 Å². The third kappa shape index (κ3) is 6.02. The number of nitrogens with zero attached hydrogens (tertiary/aromatic N) is 2. The second-order valence-electron chi connectivity index (χ2n) is 5.03. The zero-order chi connectivity index (χ0) is 16.5. The van der Waals surface area contributed by atoms with Crippen LogP contribution in [0.15, 0.2) is 40.5 Å². The van der Waals surface area contributed by atoms with Gasteiger partial charge in [-0.2, -0.15) is 5.26 Å². The molecule has 0 atom stereocenters. The third-order valence-electron chi connectivity index (χ3n) is 3.39. The van der Waals surface area contributed by atoms with Gasteiger partial charge in [-0.1, -0.05) is 22.0 Å². The molecule has 2 N–H and O–H groups in total. The van der Waals surface area contributed by atoms with E-state index in [1.807, 2.05) is 30.3 Å². The molecule has 2 rings (SSSR count). The van der Waals surface area contributed by atoms with Crippen molar-refractivity contribution in [3.05, 3.63) is 40.5 Å². The molecule has 0 aromatic heterocycles. The van der Waals surface area contributed by atoms with Gasteiger partial charge < -0.3 is 15.4 Å². The van der Waals surface area contributed by atoms with E-state index in [1.54, 1.807) is 0 Å². The van der Waals surface area contributed by atoms with Gasteiger partial charge in [-0.05, 0) is 18.2 Å². The average Bonchev–Trinajstić information content (AvgIpc) is 2.56. The maximum Gasteiger partial charge on any atom is 0.263 e. The van der Waals surface area contributed by atoms with Crippen LogP contribution in [0.25, 0.3) is 0 Å². The summed E-state index contributed by atoms with van der Waals surface area (Å²) in [6.07, 6.45) is 1.42. The maximum atomic E-state index is 12.0. The van der Waals surface area contributed by atoms with Crippen molar-refractivity contribution in [2.75, 3.05) is 44.7 Å². The van der Waals surface area contributed by atoms with Gasteiger partial charge in [-0.25, -0.2) is 0 Å². The van der Waals surface area contributed by atoms with Gasteiger partial charge in [0.15, 0.2) is 0 Å². The summed E-state index contributed by atoms with van der Waals surface area (Å²) in [6, 6.07) is 9.40. The Kier molecular flexibility index (Phi) is 7.07. The molecule has 7 heteroatoms. The molecule has 1 amide bonds. The zero-order valence-electron chi connectivity index (χ0n) is 12.7. The second-order valence-corrected chi connectivity index (χ2v) is 5.95. The van der Waals surface area contributed by atoms with Crippen molar-refractivity contribution in [1.29, 1.82) is 5.26 Å². The highest BCUT2D eigenvalue weighted by atomic mass is 79.9. The first kappa shape index (κ1) is 17.5. The molecule has 0 spiro atoms. The Hall–Kier alpha value is -1.88. The molecule has 1 aromatic carbocycles. The molecule has 23 heavy (non-hydrogen) atoms. The van der Waals surface area contributed by atoms with Crippen LogP contribution in [-0.4, -0.2) is 50.2 Å². The lowest BCUT2D eigenvalue weighted by molar-refractivity contribution is -0.117. The molecule has 1 heterocycles. The smallest absolute Gasteiger partial charge is 0.263 e. The molecule has 0 bridgehead atoms. The molecule has 1 aromatic rings. The van der Waals surface area contributed by atoms with Crippen molar-refractivity contribution in [3.8, 4) is 6.07 Å². The van der Waals surface area contributed by atoms with Crippen molar-refractivity contribution in [3.63, 3.8) is 0 Å². The number of benzene rings is 1. The molecule has 1 aliphatic heterocycles. The van der Waals surface area contributed by atoms with Crippen LogP contribution in [0.2, 0.25) is 0 Å². The molecule has 6 nitrogen and oxygen atoms in total. The average molecular weight is 379 g/mol. The number of ether oxygens (including phenoxy) is 1. The Morgan fingerprint density at radius 3 is 2.91 bits per heavy atom. The largest absolute Gasteiger partial charge is 0.379 e. The number of hydrogen-bond donors (Lipinski definition) is 2. The van der Waals surface area contributed by atoms with E-state index in [9.17, 15) is 4.79 Å². The summed E-state index contributed by atoms with van der Waals surface area (Å²) >= 11 is 3.37. The minimum atomic E-state index is -0.372. The van der Waals surface area contributed by atoms with E-state index in [-0.39, 0.29) is 11.5 Å². The first-order valence-corrected chi connectivity index (χ1v) is 8.19. The fraction of sp³-hybridized carbons (Fsp3) is 0.375. The number of nitrogens with one attached hydrogen (secondary N) is 2. The quantitative estimate of drug-likeness (QED) is 0.582. The van der Waals surface area contributed by atoms with E-state index >= 15 is 0 Å². The molecule has 122 valence electrons. The fourth-order valence-electron chi connectivity index (χ4n) is 2.13. The van der Waals surface area contributed by atoms with Crippen molar-refractivity contribution < 1.29 is 9.53 Å². The summed E-state index contributed by atoms with van der Waals surface area (Å²) in [6.45, 7) is 4.48. The molecule has 0 radical (unpaired) electrons. The number of hydrogen-bond acceptors (Lipinski definition) is 5. The molecule has 1 saturated heterocycles. The summed E-state index contributed by atoms with van der Waals surface area (Å²) in [5.41, 5.74) is 0.847. The van der Waals surface area contributed by atoms with Crippen LogP contribution in [0.1, 0.15) is 0 Å². The monoisotopic (exact) mass is 378 g/mol. The molecule has 0 unspecified atom stereocenters. The van der Waals surface area contributed by atoms with Crippen LogP contribution in [0.4, 0.5) is 5.69 Å². The first-order chi connectivity index (χ1) is 11.2. The van der Waals surface area contributed by atoms with Crippen molar-refractivity contribution in [2.24, 2.45) is 0 Å². The Labute approximate surface area is 144 Å². The van der Waals surface area contributed by atoms with Crippen LogP contribution in [-0.2, 0) is 9.53 Å². The predicted octanol–water partition coefficient (Wildman–Crippen LogP) is 1.72. The van der Waals surface area contributed by atoms with Gasteiger partial charge in [0.25, 0.3) is 5.91 Å². The highest BCUT2D eigenvalue weighted by Gasteiger charge is 2.12. The molecule has 0 saturated carbocycles. The van der Waals surface area contributed by atoms with Gasteiger partial charge in [0.05, 0.1) is 13.2 Å². The number of carbonyl (C=O) groups is 1. The number of halogens is 1. The number of nitriles is 1. The number of carbonyl (C=O) groups excluding carboxylic acids is 1. The third-order valence-corrected chi connectivity index (χ3v) is 3.88. The van der Waals surface area contributed by atoms with E-state index in [4.69, 9.17) is 10.00 Å². The number of anilines is 1. The van der Waals surface area contributed by atoms with Gasteiger partial charge in [0, 0.05) is 42.5 Å². The van der Waals surface area contributed by atoms with E-state index in [1.165, 1.54) is 6.20 Å². The molecular formula is C16H19BrN4O2. The van der Waals surface area contributed by atoms with Gasteiger partial charge >= 0.3 is 0 Å². The van der Waals surface area contributed by atoms with E-state index in [0.717, 1.165) is 43.0 Å². The van der Waals surface area contributed by atoms with Crippen LogP contribution < -0.4 is 10.6 Å². The molecule has 1 aliphatic rings. The summed E-state index contributed by atoms with van der Waals surface area (Å²) in [7, 11) is 0. The first-order valence-electron chi connectivity index (χ1n) is 7.40. The topological polar surface area (TPSA) is 77.4 Å². The Balaban J connectivity index is 1.80. The number of rotatable bonds is 6. The SMILES string of the molecule is N#C/C(=C/Nc1cccc(Br)c1)C(=O)NCCN1CCOCC1. The van der Waals surface area contributed by atoms with Crippen LogP contribution >= 0.6 is 15.9 Å². The minimum Gasteiger partial charge on any atom is -0.379 e. The van der Waals surface area contributed by atoms with Crippen molar-refractivity contribution in [2.45, 2.75) is 0 Å². The maximum absolute atomic E-state index is 12.0. The minimum absolute atomic E-state index is 0.0481. The Morgan fingerprint density at radius 2 is 2.22 bits per heavy atom. The van der Waals surface area contributed by atoms with Crippen molar-refractivity contribution >= 4 is 27.5 Å². The lowest BCUT2D eigenvalue weighted by Gasteiger charge is -2.26. The van der Waals surface area contributed by atoms with Gasteiger partial charge in [0.2, 0.25) is 0 Å². The summed E-state index contributed by atoms with van der Waals surface area (Å²) in [4.78, 5) is 14.2. The second kappa shape index (κ2) is 9.30. The lowest BCUT2D eigenvalue weighted by Crippen LogP contribution is -2.41. The standard InChI is InChI=1S/C16H19BrN4O2/c17-14-2-1-3-15(10-14)20-12-13(11-18)16(22)19-4-5-21-6-8-23-9-7-21/h1-3,10,12,20H,4-9H2,(H,19,22)/b13-12-. The van der Waals surface area contributed by atoms with Crippen LogP contribution in [0.5, 0.6) is 0 Å². The van der Waals surface area contributed by atoms with Gasteiger partial charge in [-0.15, -0.1) is 0 Å². The number of amides is 1. The van der Waals surface area contributed by atoms with E-state index < -0.39 is 0 Å². The van der Waals surface area contributed by atoms with Gasteiger partial charge in [-0.3, -0.25) is 9.69 Å². The highest BCUT2D eigenvalue weighted by Crippen LogP contribution is 2.15. The summed E-state index contributed by atoms with van der Waals surface area (Å²) in [5, 5.41) is 14.8. The Bertz CT molecular complexity index is 606. The van der Waals surface area contributed by atoms with Crippen LogP contribution in [0.3, 0.4) is 0 Å². The van der Waals surface area contributed by atoms with E-state index in [2.05, 4.69) is 31.5 Å². The van der Waals surface area contributed by atoms with E-state index in [0.29, 0.717) is 6.54 Å². The normalized spacial score (nSPS) is 15.7. The Morgan fingerprint density at radius 1 is 1.43 bits per heavy atom. The molecule has 1 fully saturated rings. The fourth-order valence-corrected chi connectivity index (χ4v) is 2.53. The zero-order valence-corrected chi connectivity index (χ0v) is 14.3. The lowest BCUT2D eigenvalue weighted by atomic mass is 10.2. The number of morpholine rings is 1. The summed E-state index contributed by atoms with van der Waals surface area (Å²) in [5.74, 6) is -0.372. The van der Waals surface area contributed by atoms with Crippen LogP contribution in [0, 0.1) is 11.3 Å². The predicted molar refractivity (Wildman–Crippen MR) is 91.7 cm³/mol.